The van der Waals surface area contributed by atoms with Gasteiger partial charge in [0, 0.05) is 5.56 Å². The number of halogens is 3. The predicted octanol–water partition coefficient (Wildman–Crippen LogP) is 3.05. The Morgan fingerprint density at radius 1 is 1.43 bits per heavy atom. The molecule has 0 saturated heterocycles. The lowest BCUT2D eigenvalue weighted by Crippen LogP contribution is -2.40. The molecule has 4 nitrogen and oxygen atoms in total. The van der Waals surface area contributed by atoms with Gasteiger partial charge in [0.2, 0.25) is 6.10 Å². The smallest absolute Gasteiger partial charge is 0.430 e. The van der Waals surface area contributed by atoms with E-state index in [-0.39, 0.29) is 17.1 Å². The number of alkyl halides is 3. The van der Waals surface area contributed by atoms with Gasteiger partial charge < -0.3 is 14.6 Å². The van der Waals surface area contributed by atoms with E-state index in [1.54, 1.807) is 12.1 Å². The Balaban J connectivity index is 2.62. The molecule has 0 fully saturated rings. The van der Waals surface area contributed by atoms with Crippen LogP contribution < -0.4 is 9.47 Å². The van der Waals surface area contributed by atoms with Crippen LogP contribution in [-0.4, -0.2) is 30.5 Å². The Hall–Kier alpha value is -2.18. The lowest BCUT2D eigenvalue weighted by Gasteiger charge is -2.28. The fourth-order valence-corrected chi connectivity index (χ4v) is 2.11. The van der Waals surface area contributed by atoms with Crippen molar-refractivity contribution in [2.24, 2.45) is 0 Å². The van der Waals surface area contributed by atoms with E-state index in [1.807, 2.05) is 6.92 Å². The Morgan fingerprint density at radius 2 is 2.10 bits per heavy atom. The number of benzene rings is 1. The lowest BCUT2D eigenvalue weighted by atomic mass is 9.98. The molecule has 0 aliphatic carbocycles. The number of carboxylic acid groups (broad SMARTS) is 1. The summed E-state index contributed by atoms with van der Waals surface area (Å²) >= 11 is 0. The van der Waals surface area contributed by atoms with Gasteiger partial charge in [-0.25, -0.2) is 4.79 Å². The van der Waals surface area contributed by atoms with Crippen molar-refractivity contribution in [2.45, 2.75) is 25.6 Å². The fraction of sp³-hybridized carbons (Fsp3) is 0.357. The summed E-state index contributed by atoms with van der Waals surface area (Å²) in [6.07, 6.45) is -5.72. The minimum atomic E-state index is -4.82. The molecule has 1 N–H and O–H groups in total. The molecule has 1 aromatic carbocycles. The highest BCUT2D eigenvalue weighted by atomic mass is 19.4. The van der Waals surface area contributed by atoms with Gasteiger partial charge in [-0.2, -0.15) is 13.2 Å². The SMILES string of the molecule is CCc1cc2c(c(OC)c1)OC(C(F)(F)F)C(C(=O)O)=C2. The molecular formula is C14H13F3O4. The van der Waals surface area contributed by atoms with Gasteiger partial charge in [0.15, 0.2) is 11.5 Å². The molecular weight excluding hydrogens is 289 g/mol. The zero-order valence-corrected chi connectivity index (χ0v) is 11.3. The molecule has 114 valence electrons. The van der Waals surface area contributed by atoms with Gasteiger partial charge in [-0.15, -0.1) is 0 Å². The molecule has 0 aromatic heterocycles. The quantitative estimate of drug-likeness (QED) is 0.932. The second-order valence-corrected chi connectivity index (χ2v) is 4.51. The van der Waals surface area contributed by atoms with Crippen molar-refractivity contribution in [3.8, 4) is 11.5 Å². The number of carbonyl (C=O) groups is 1. The Labute approximate surface area is 118 Å². The molecule has 2 rings (SSSR count). The molecule has 21 heavy (non-hydrogen) atoms. The van der Waals surface area contributed by atoms with Crippen LogP contribution in [0.3, 0.4) is 0 Å². The molecule has 1 aliphatic heterocycles. The number of carboxylic acids is 1. The van der Waals surface area contributed by atoms with Gasteiger partial charge in [0.25, 0.3) is 0 Å². The summed E-state index contributed by atoms with van der Waals surface area (Å²) in [6, 6.07) is 3.17. The monoisotopic (exact) mass is 302 g/mol. The predicted molar refractivity (Wildman–Crippen MR) is 68.5 cm³/mol. The highest BCUT2D eigenvalue weighted by Gasteiger charge is 2.49. The average Bonchev–Trinajstić information content (AvgIpc) is 2.43. The maximum Gasteiger partial charge on any atom is 0.430 e. The largest absolute Gasteiger partial charge is 0.493 e. The molecule has 0 radical (unpaired) electrons. The molecule has 1 unspecified atom stereocenters. The summed E-state index contributed by atoms with van der Waals surface area (Å²) in [4.78, 5) is 11.1. The number of aliphatic carboxylic acids is 1. The Kier molecular flexibility index (Phi) is 3.85. The second kappa shape index (κ2) is 5.31. The van der Waals surface area contributed by atoms with Gasteiger partial charge in [-0.05, 0) is 30.2 Å². The topological polar surface area (TPSA) is 55.8 Å². The van der Waals surface area contributed by atoms with E-state index >= 15 is 0 Å². The normalized spacial score (nSPS) is 17.6. The first kappa shape index (κ1) is 15.2. The van der Waals surface area contributed by atoms with Crippen molar-refractivity contribution in [1.29, 1.82) is 0 Å². The van der Waals surface area contributed by atoms with Crippen LogP contribution in [0, 0.1) is 0 Å². The lowest BCUT2D eigenvalue weighted by molar-refractivity contribution is -0.187. The molecule has 0 spiro atoms. The number of fused-ring (bicyclic) bond motifs is 1. The van der Waals surface area contributed by atoms with Crippen molar-refractivity contribution < 1.29 is 32.5 Å². The van der Waals surface area contributed by atoms with Crippen LogP contribution in [0.5, 0.6) is 11.5 Å². The van der Waals surface area contributed by atoms with E-state index in [0.717, 1.165) is 11.6 Å². The molecule has 1 atom stereocenters. The third-order valence-corrected chi connectivity index (χ3v) is 3.14. The third-order valence-electron chi connectivity index (χ3n) is 3.14. The zero-order valence-electron chi connectivity index (χ0n) is 11.3. The number of ether oxygens (including phenoxy) is 2. The van der Waals surface area contributed by atoms with Crippen molar-refractivity contribution in [2.75, 3.05) is 7.11 Å². The van der Waals surface area contributed by atoms with Crippen LogP contribution >= 0.6 is 0 Å². The summed E-state index contributed by atoms with van der Waals surface area (Å²) in [6.45, 7) is 1.87. The number of methoxy groups -OCH3 is 1. The van der Waals surface area contributed by atoms with E-state index < -0.39 is 23.8 Å². The van der Waals surface area contributed by atoms with Gasteiger partial charge >= 0.3 is 12.1 Å². The van der Waals surface area contributed by atoms with Crippen molar-refractivity contribution >= 4 is 12.0 Å². The average molecular weight is 302 g/mol. The summed E-state index contributed by atoms with van der Waals surface area (Å²) < 4.78 is 48.8. The standard InChI is InChI=1S/C14H13F3O4/c1-3-7-4-8-6-9(13(18)19)12(14(15,16)17)21-11(8)10(5-7)20-2/h4-6,12H,3H2,1-2H3,(H,18,19). The van der Waals surface area contributed by atoms with Gasteiger partial charge in [-0.3, -0.25) is 0 Å². The molecule has 0 amide bonds. The fourth-order valence-electron chi connectivity index (χ4n) is 2.11. The van der Waals surface area contributed by atoms with E-state index in [1.165, 1.54) is 7.11 Å². The highest BCUT2D eigenvalue weighted by molar-refractivity contribution is 5.95. The summed E-state index contributed by atoms with van der Waals surface area (Å²) in [5, 5.41) is 8.97. The van der Waals surface area contributed by atoms with E-state index in [0.29, 0.717) is 6.42 Å². The zero-order chi connectivity index (χ0) is 15.8. The highest BCUT2D eigenvalue weighted by Crippen LogP contribution is 2.42. The number of rotatable bonds is 3. The first-order chi connectivity index (χ1) is 9.77. The van der Waals surface area contributed by atoms with Gasteiger partial charge in [0.1, 0.15) is 0 Å². The van der Waals surface area contributed by atoms with Crippen molar-refractivity contribution in [3.05, 3.63) is 28.8 Å². The molecule has 7 heteroatoms. The molecule has 0 bridgehead atoms. The second-order valence-electron chi connectivity index (χ2n) is 4.51. The first-order valence-electron chi connectivity index (χ1n) is 6.17. The van der Waals surface area contributed by atoms with Crippen molar-refractivity contribution in [3.63, 3.8) is 0 Å². The minimum absolute atomic E-state index is 0.0953. The van der Waals surface area contributed by atoms with E-state index in [9.17, 15) is 18.0 Å². The molecule has 0 saturated carbocycles. The summed E-state index contributed by atoms with van der Waals surface area (Å²) in [7, 11) is 1.32. The molecule has 1 heterocycles. The van der Waals surface area contributed by atoms with Gasteiger partial charge in [-0.1, -0.05) is 6.92 Å². The third kappa shape index (κ3) is 2.81. The maximum absolute atomic E-state index is 13.0. The van der Waals surface area contributed by atoms with Crippen molar-refractivity contribution in [1.82, 2.24) is 0 Å². The van der Waals surface area contributed by atoms with Crippen LogP contribution in [0.2, 0.25) is 0 Å². The van der Waals surface area contributed by atoms with Crippen LogP contribution in [0.15, 0.2) is 17.7 Å². The summed E-state index contributed by atoms with van der Waals surface area (Å²) in [5.74, 6) is -1.61. The van der Waals surface area contributed by atoms with Crippen LogP contribution in [0.4, 0.5) is 13.2 Å². The van der Waals surface area contributed by atoms with Crippen LogP contribution in [0.25, 0.3) is 6.08 Å². The van der Waals surface area contributed by atoms with Crippen LogP contribution in [0.1, 0.15) is 18.1 Å². The van der Waals surface area contributed by atoms with E-state index in [2.05, 4.69) is 0 Å². The number of aryl methyl sites for hydroxylation is 1. The molecule has 1 aliphatic rings. The Morgan fingerprint density at radius 3 is 2.57 bits per heavy atom. The van der Waals surface area contributed by atoms with E-state index in [4.69, 9.17) is 14.6 Å². The summed E-state index contributed by atoms with van der Waals surface area (Å²) in [5.41, 5.74) is 0.232. The number of hydrogen-bond donors (Lipinski definition) is 1. The maximum atomic E-state index is 13.0. The minimum Gasteiger partial charge on any atom is -0.493 e. The molecule has 1 aromatic rings. The van der Waals surface area contributed by atoms with Gasteiger partial charge in [0.05, 0.1) is 12.7 Å². The van der Waals surface area contributed by atoms with Crippen LogP contribution in [-0.2, 0) is 11.2 Å². The Bertz CT molecular complexity index is 605. The number of hydrogen-bond acceptors (Lipinski definition) is 3. The first-order valence-corrected chi connectivity index (χ1v) is 6.17.